The molecule has 1 N–H and O–H groups in total. The molecule has 0 saturated carbocycles. The Morgan fingerprint density at radius 2 is 2.15 bits per heavy atom. The number of nitrogens with zero attached hydrogens (tertiary/aromatic N) is 5. The summed E-state index contributed by atoms with van der Waals surface area (Å²) < 4.78 is 7.10. The Morgan fingerprint density at radius 3 is 2.73 bits per heavy atom. The van der Waals surface area contributed by atoms with E-state index < -0.39 is 0 Å². The van der Waals surface area contributed by atoms with E-state index in [1.165, 1.54) is 11.8 Å². The second-order valence-corrected chi connectivity index (χ2v) is 7.34. The van der Waals surface area contributed by atoms with Gasteiger partial charge in [0.25, 0.3) is 0 Å². The van der Waals surface area contributed by atoms with E-state index in [1.54, 1.807) is 13.0 Å². The van der Waals surface area contributed by atoms with E-state index in [-0.39, 0.29) is 17.7 Å². The van der Waals surface area contributed by atoms with Crippen LogP contribution in [0.2, 0.25) is 0 Å². The van der Waals surface area contributed by atoms with Crippen molar-refractivity contribution in [3.63, 3.8) is 0 Å². The van der Waals surface area contributed by atoms with Gasteiger partial charge in [-0.15, -0.1) is 10.2 Å². The van der Waals surface area contributed by atoms with E-state index in [4.69, 9.17) is 4.52 Å². The molecule has 1 amide bonds. The molecular weight excluding hydrogens is 352 g/mol. The number of rotatable bonds is 10. The summed E-state index contributed by atoms with van der Waals surface area (Å²) in [6, 6.07) is 1.90. The van der Waals surface area contributed by atoms with Crippen LogP contribution < -0.4 is 5.32 Å². The number of anilines is 1. The predicted octanol–water partition coefficient (Wildman–Crippen LogP) is 3.12. The van der Waals surface area contributed by atoms with Gasteiger partial charge in [0.1, 0.15) is 5.76 Å². The zero-order chi connectivity index (χ0) is 19.1. The molecule has 2 heterocycles. The normalized spacial score (nSPS) is 12.5. The van der Waals surface area contributed by atoms with Gasteiger partial charge in [0.2, 0.25) is 5.91 Å². The standard InChI is InChI=1S/C17H28N6O2S/c1-6-8-9-23-16(13(7-2)22(4)5)19-20-17(23)26-11-15(24)18-14-10-12(3)25-21-14/h10,13H,6-9,11H2,1-5H3,(H,18,21,24)/t13-/m0/s1. The Bertz CT molecular complexity index is 712. The van der Waals surface area contributed by atoms with Crippen molar-refractivity contribution in [2.45, 2.75) is 57.8 Å². The Kier molecular flexibility index (Phi) is 7.65. The quantitative estimate of drug-likeness (QED) is 0.633. The number of nitrogens with one attached hydrogen (secondary N) is 1. The van der Waals surface area contributed by atoms with Gasteiger partial charge in [-0.3, -0.25) is 9.69 Å². The van der Waals surface area contributed by atoms with Crippen LogP contribution in [-0.2, 0) is 11.3 Å². The minimum absolute atomic E-state index is 0.144. The highest BCUT2D eigenvalue weighted by atomic mass is 32.2. The number of aromatic nitrogens is 4. The molecule has 144 valence electrons. The van der Waals surface area contributed by atoms with Crippen molar-refractivity contribution in [3.05, 3.63) is 17.7 Å². The summed E-state index contributed by atoms with van der Waals surface area (Å²) in [5.74, 6) is 2.15. The molecule has 0 aliphatic heterocycles. The van der Waals surface area contributed by atoms with Crippen molar-refractivity contribution in [2.75, 3.05) is 25.2 Å². The van der Waals surface area contributed by atoms with Crippen LogP contribution in [0.1, 0.15) is 50.7 Å². The number of carbonyl (C=O) groups is 1. The van der Waals surface area contributed by atoms with Crippen molar-refractivity contribution >= 4 is 23.5 Å². The smallest absolute Gasteiger partial charge is 0.236 e. The lowest BCUT2D eigenvalue weighted by molar-refractivity contribution is -0.113. The van der Waals surface area contributed by atoms with Gasteiger partial charge in [-0.2, -0.15) is 0 Å². The van der Waals surface area contributed by atoms with Crippen molar-refractivity contribution in [2.24, 2.45) is 0 Å². The van der Waals surface area contributed by atoms with Crippen molar-refractivity contribution in [1.82, 2.24) is 24.8 Å². The van der Waals surface area contributed by atoms with Gasteiger partial charge in [0, 0.05) is 12.6 Å². The largest absolute Gasteiger partial charge is 0.360 e. The van der Waals surface area contributed by atoms with Gasteiger partial charge >= 0.3 is 0 Å². The van der Waals surface area contributed by atoms with E-state index in [0.717, 1.165) is 36.8 Å². The molecule has 26 heavy (non-hydrogen) atoms. The van der Waals surface area contributed by atoms with Gasteiger partial charge in [0.15, 0.2) is 16.8 Å². The number of unbranched alkanes of at least 4 members (excludes halogenated alkanes) is 1. The predicted molar refractivity (Wildman–Crippen MR) is 102 cm³/mol. The number of amides is 1. The van der Waals surface area contributed by atoms with Gasteiger partial charge < -0.3 is 14.4 Å². The lowest BCUT2D eigenvalue weighted by atomic mass is 10.2. The van der Waals surface area contributed by atoms with Crippen molar-refractivity contribution in [1.29, 1.82) is 0 Å². The molecule has 0 aromatic carbocycles. The lowest BCUT2D eigenvalue weighted by Gasteiger charge is -2.23. The first-order valence-corrected chi connectivity index (χ1v) is 9.90. The van der Waals surface area contributed by atoms with Crippen LogP contribution >= 0.6 is 11.8 Å². The SMILES string of the molecule is CCCCn1c(SCC(=O)Nc2cc(C)on2)nnc1[C@H](CC)N(C)C. The second-order valence-electron chi connectivity index (χ2n) is 6.39. The molecule has 9 heteroatoms. The maximum Gasteiger partial charge on any atom is 0.236 e. The molecule has 0 saturated heterocycles. The number of carbonyl (C=O) groups excluding carboxylic acids is 1. The molecule has 0 aliphatic carbocycles. The Morgan fingerprint density at radius 1 is 1.38 bits per heavy atom. The number of thioether (sulfide) groups is 1. The molecule has 0 fully saturated rings. The second kappa shape index (κ2) is 9.72. The molecule has 0 unspecified atom stereocenters. The van der Waals surface area contributed by atoms with E-state index >= 15 is 0 Å². The molecule has 0 spiro atoms. The molecule has 0 aliphatic rings. The highest BCUT2D eigenvalue weighted by Crippen LogP contribution is 2.25. The zero-order valence-corrected chi connectivity index (χ0v) is 17.0. The number of aryl methyl sites for hydroxylation is 1. The van der Waals surface area contributed by atoms with Crippen LogP contribution in [-0.4, -0.2) is 50.6 Å². The van der Waals surface area contributed by atoms with Crippen molar-refractivity contribution in [3.8, 4) is 0 Å². The molecule has 8 nitrogen and oxygen atoms in total. The fourth-order valence-corrected chi connectivity index (χ4v) is 3.46. The summed E-state index contributed by atoms with van der Waals surface area (Å²) in [7, 11) is 4.10. The lowest BCUT2D eigenvalue weighted by Crippen LogP contribution is -2.23. The number of hydrogen-bond donors (Lipinski definition) is 1. The van der Waals surface area contributed by atoms with E-state index in [9.17, 15) is 4.79 Å². The number of hydrogen-bond acceptors (Lipinski definition) is 7. The summed E-state index contributed by atoms with van der Waals surface area (Å²) in [4.78, 5) is 14.3. The highest BCUT2D eigenvalue weighted by molar-refractivity contribution is 7.99. The third-order valence-electron chi connectivity index (χ3n) is 4.02. The minimum Gasteiger partial charge on any atom is -0.360 e. The Hall–Kier alpha value is -1.87. The average molecular weight is 381 g/mol. The monoisotopic (exact) mass is 380 g/mol. The molecule has 0 bridgehead atoms. The summed E-state index contributed by atoms with van der Waals surface area (Å²) in [5.41, 5.74) is 0. The average Bonchev–Trinajstić information content (AvgIpc) is 3.18. The fourth-order valence-electron chi connectivity index (χ4n) is 2.69. The molecule has 2 aromatic heterocycles. The summed E-state index contributed by atoms with van der Waals surface area (Å²) in [6.45, 7) is 6.94. The summed E-state index contributed by atoms with van der Waals surface area (Å²) >= 11 is 1.39. The van der Waals surface area contributed by atoms with Gasteiger partial charge in [-0.05, 0) is 33.9 Å². The van der Waals surface area contributed by atoms with Crippen molar-refractivity contribution < 1.29 is 9.32 Å². The first kappa shape index (κ1) is 20.4. The zero-order valence-electron chi connectivity index (χ0n) is 16.2. The van der Waals surface area contributed by atoms with Crippen LogP contribution in [0.3, 0.4) is 0 Å². The third-order valence-corrected chi connectivity index (χ3v) is 4.98. The Balaban J connectivity index is 2.07. The molecule has 2 rings (SSSR count). The first-order valence-electron chi connectivity index (χ1n) is 8.91. The van der Waals surface area contributed by atoms with Crippen LogP contribution in [0.15, 0.2) is 15.7 Å². The van der Waals surface area contributed by atoms with Crippen LogP contribution in [0.25, 0.3) is 0 Å². The molecule has 2 aromatic rings. The topological polar surface area (TPSA) is 89.1 Å². The highest BCUT2D eigenvalue weighted by Gasteiger charge is 2.22. The van der Waals surface area contributed by atoms with E-state index in [2.05, 4.69) is 44.0 Å². The summed E-state index contributed by atoms with van der Waals surface area (Å²) in [5, 5.41) is 16.0. The van der Waals surface area contributed by atoms with Crippen LogP contribution in [0, 0.1) is 6.92 Å². The van der Waals surface area contributed by atoms with E-state index in [1.807, 2.05) is 14.1 Å². The maximum absolute atomic E-state index is 12.1. The third kappa shape index (κ3) is 5.31. The minimum atomic E-state index is -0.144. The Labute approximate surface area is 158 Å². The van der Waals surface area contributed by atoms with Gasteiger partial charge in [0.05, 0.1) is 11.8 Å². The van der Waals surface area contributed by atoms with E-state index in [0.29, 0.717) is 11.6 Å². The first-order chi connectivity index (χ1) is 12.5. The maximum atomic E-state index is 12.1. The van der Waals surface area contributed by atoms with Crippen LogP contribution in [0.4, 0.5) is 5.82 Å². The molecule has 1 atom stereocenters. The van der Waals surface area contributed by atoms with Gasteiger partial charge in [-0.25, -0.2) is 0 Å². The molecular formula is C17H28N6O2S. The van der Waals surface area contributed by atoms with Crippen LogP contribution in [0.5, 0.6) is 0 Å². The fraction of sp³-hybridized carbons (Fsp3) is 0.647. The molecule has 0 radical (unpaired) electrons. The van der Waals surface area contributed by atoms with Gasteiger partial charge in [-0.1, -0.05) is 37.2 Å². The summed E-state index contributed by atoms with van der Waals surface area (Å²) in [6.07, 6.45) is 3.09.